The zero-order valence-electron chi connectivity index (χ0n) is 14.8. The summed E-state index contributed by atoms with van der Waals surface area (Å²) in [5.74, 6) is 0. The van der Waals surface area contributed by atoms with Gasteiger partial charge in [-0.15, -0.1) is 0 Å². The molecule has 4 rings (SSSR count). The second kappa shape index (κ2) is 8.35. The highest BCUT2D eigenvalue weighted by atomic mass is 35.5. The fraction of sp³-hybridized carbons (Fsp3) is 0.381. The van der Waals surface area contributed by atoms with E-state index in [0.29, 0.717) is 0 Å². The first-order valence-electron chi connectivity index (χ1n) is 9.09. The minimum atomic E-state index is 0.795. The van der Waals surface area contributed by atoms with E-state index in [2.05, 4.69) is 17.4 Å². The van der Waals surface area contributed by atoms with E-state index >= 15 is 0 Å². The van der Waals surface area contributed by atoms with Crippen molar-refractivity contribution in [3.8, 4) is 0 Å². The third-order valence-electron chi connectivity index (χ3n) is 4.78. The molecule has 2 aromatic rings. The molecular weight excluding hydrogens is 351 g/mol. The molecule has 0 amide bonds. The number of nitrogens with zero attached hydrogens (tertiary/aromatic N) is 1. The predicted octanol–water partition coefficient (Wildman–Crippen LogP) is 5.70. The summed E-state index contributed by atoms with van der Waals surface area (Å²) in [5, 5.41) is 5.05. The smallest absolute Gasteiger partial charge is 0.0754 e. The van der Waals surface area contributed by atoms with Gasteiger partial charge in [0.25, 0.3) is 0 Å². The van der Waals surface area contributed by atoms with Crippen molar-refractivity contribution in [1.82, 2.24) is 10.3 Å². The van der Waals surface area contributed by atoms with E-state index in [-0.39, 0.29) is 0 Å². The van der Waals surface area contributed by atoms with Gasteiger partial charge in [-0.3, -0.25) is 4.98 Å². The maximum Gasteiger partial charge on any atom is 0.0754 e. The summed E-state index contributed by atoms with van der Waals surface area (Å²) < 4.78 is 0. The number of aryl methyl sites for hydroxylation is 1. The van der Waals surface area contributed by atoms with Gasteiger partial charge < -0.3 is 5.32 Å². The molecule has 2 heterocycles. The van der Waals surface area contributed by atoms with Gasteiger partial charge >= 0.3 is 0 Å². The number of pyridine rings is 1. The minimum absolute atomic E-state index is 0.795. The molecule has 1 saturated heterocycles. The number of halogens is 2. The first-order chi connectivity index (χ1) is 12.2. The Morgan fingerprint density at radius 3 is 2.48 bits per heavy atom. The number of nitrogens with one attached hydrogen (secondary N) is 1. The van der Waals surface area contributed by atoms with Crippen molar-refractivity contribution in [2.24, 2.45) is 0 Å². The van der Waals surface area contributed by atoms with Crippen LogP contribution < -0.4 is 5.32 Å². The van der Waals surface area contributed by atoms with Gasteiger partial charge in [0.1, 0.15) is 0 Å². The Bertz CT molecular complexity index is 788. The second-order valence-electron chi connectivity index (χ2n) is 6.15. The van der Waals surface area contributed by atoms with E-state index in [1.807, 2.05) is 32.2 Å². The summed E-state index contributed by atoms with van der Waals surface area (Å²) >= 11 is 12.7. The van der Waals surface area contributed by atoms with Crippen LogP contribution in [-0.2, 0) is 12.8 Å². The van der Waals surface area contributed by atoms with Gasteiger partial charge in [0.2, 0.25) is 0 Å². The van der Waals surface area contributed by atoms with Crippen molar-refractivity contribution in [3.05, 3.63) is 68.5 Å². The lowest BCUT2D eigenvalue weighted by Crippen LogP contribution is -2.24. The lowest BCUT2D eigenvalue weighted by atomic mass is 9.89. The van der Waals surface area contributed by atoms with Crippen LogP contribution in [0.4, 0.5) is 0 Å². The van der Waals surface area contributed by atoms with Gasteiger partial charge in [0, 0.05) is 21.8 Å². The van der Waals surface area contributed by atoms with Gasteiger partial charge in [0.05, 0.1) is 5.69 Å². The van der Waals surface area contributed by atoms with Crippen LogP contribution in [0.2, 0.25) is 10.0 Å². The highest BCUT2D eigenvalue weighted by Crippen LogP contribution is 2.39. The summed E-state index contributed by atoms with van der Waals surface area (Å²) in [6.07, 6.45) is 5.80. The molecule has 0 radical (unpaired) electrons. The van der Waals surface area contributed by atoms with Crippen molar-refractivity contribution < 1.29 is 0 Å². The number of fused-ring (bicyclic) bond motifs is 2. The van der Waals surface area contributed by atoms with E-state index in [9.17, 15) is 0 Å². The van der Waals surface area contributed by atoms with E-state index in [1.54, 1.807) is 0 Å². The highest BCUT2D eigenvalue weighted by Gasteiger charge is 2.24. The number of hydrogen-bond donors (Lipinski definition) is 1. The van der Waals surface area contributed by atoms with Crippen molar-refractivity contribution in [2.75, 3.05) is 13.1 Å². The van der Waals surface area contributed by atoms with Gasteiger partial charge in [0.15, 0.2) is 0 Å². The Balaban J connectivity index is 0.000000880. The molecule has 2 nitrogen and oxygen atoms in total. The van der Waals surface area contributed by atoms with Crippen LogP contribution in [0.3, 0.4) is 0 Å². The number of piperidine rings is 1. The lowest BCUT2D eigenvalue weighted by molar-refractivity contribution is 0.611. The topological polar surface area (TPSA) is 24.9 Å². The molecule has 25 heavy (non-hydrogen) atoms. The summed E-state index contributed by atoms with van der Waals surface area (Å²) in [4.78, 5) is 4.72. The first-order valence-corrected chi connectivity index (χ1v) is 9.85. The standard InChI is InChI=1S/C19H18Cl2N2.C2H6/c20-14-2-4-15-13(11-14)1-3-16-17(21)7-10-23-19(16)18(15)12-5-8-22-9-6-12;1-2/h2,4,7,10-11,22H,1,3,5-6,8-9H2;1-2H3. The molecule has 1 aliphatic heterocycles. The normalized spacial score (nSPS) is 16.3. The van der Waals surface area contributed by atoms with Crippen molar-refractivity contribution >= 4 is 28.8 Å². The molecule has 0 saturated carbocycles. The molecule has 0 spiro atoms. The van der Waals surface area contributed by atoms with Crippen LogP contribution in [0.25, 0.3) is 5.57 Å². The number of hydrogen-bond acceptors (Lipinski definition) is 2. The minimum Gasteiger partial charge on any atom is -0.316 e. The predicted molar refractivity (Wildman–Crippen MR) is 108 cm³/mol. The summed E-state index contributed by atoms with van der Waals surface area (Å²) in [5.41, 5.74) is 7.57. The van der Waals surface area contributed by atoms with Gasteiger partial charge in [-0.25, -0.2) is 0 Å². The monoisotopic (exact) mass is 374 g/mol. The van der Waals surface area contributed by atoms with Crippen molar-refractivity contribution in [2.45, 2.75) is 39.5 Å². The molecule has 1 aromatic heterocycles. The molecule has 0 bridgehead atoms. The Kier molecular flexibility index (Phi) is 6.16. The van der Waals surface area contributed by atoms with Crippen molar-refractivity contribution in [3.63, 3.8) is 0 Å². The van der Waals surface area contributed by atoms with E-state index in [4.69, 9.17) is 28.2 Å². The maximum absolute atomic E-state index is 6.49. The van der Waals surface area contributed by atoms with E-state index in [1.165, 1.54) is 27.8 Å². The molecule has 0 atom stereocenters. The lowest BCUT2D eigenvalue weighted by Gasteiger charge is -2.22. The Morgan fingerprint density at radius 2 is 1.72 bits per heavy atom. The SMILES string of the molecule is CC.Clc1ccc2c(c1)CCc1c(Cl)ccnc1C2=C1CCNCC1. The summed E-state index contributed by atoms with van der Waals surface area (Å²) in [6.45, 7) is 6.05. The number of aromatic nitrogens is 1. The number of rotatable bonds is 0. The molecule has 4 heteroatoms. The molecule has 1 aliphatic carbocycles. The van der Waals surface area contributed by atoms with Crippen LogP contribution in [-0.4, -0.2) is 18.1 Å². The third kappa shape index (κ3) is 3.76. The average molecular weight is 375 g/mol. The van der Waals surface area contributed by atoms with Gasteiger partial charge in [-0.2, -0.15) is 0 Å². The van der Waals surface area contributed by atoms with Crippen molar-refractivity contribution in [1.29, 1.82) is 0 Å². The maximum atomic E-state index is 6.49. The third-order valence-corrected chi connectivity index (χ3v) is 5.37. The fourth-order valence-electron chi connectivity index (χ4n) is 3.66. The Hall–Kier alpha value is -1.35. The molecule has 132 valence electrons. The van der Waals surface area contributed by atoms with Gasteiger partial charge in [-0.1, -0.05) is 48.7 Å². The number of benzene rings is 1. The summed E-state index contributed by atoms with van der Waals surface area (Å²) in [6, 6.07) is 8.13. The quantitative estimate of drug-likeness (QED) is 0.639. The molecule has 1 N–H and O–H groups in total. The highest BCUT2D eigenvalue weighted by molar-refractivity contribution is 6.31. The first kappa shape index (κ1) is 18.4. The molecule has 0 unspecified atom stereocenters. The van der Waals surface area contributed by atoms with E-state index < -0.39 is 0 Å². The molecule has 2 aliphatic rings. The fourth-order valence-corrected chi connectivity index (χ4v) is 4.09. The van der Waals surface area contributed by atoms with E-state index in [0.717, 1.165) is 54.5 Å². The zero-order valence-corrected chi connectivity index (χ0v) is 16.3. The molecule has 1 aromatic carbocycles. The van der Waals surface area contributed by atoms with Crippen LogP contribution in [0.15, 0.2) is 36.0 Å². The average Bonchev–Trinajstić information content (AvgIpc) is 2.81. The summed E-state index contributed by atoms with van der Waals surface area (Å²) in [7, 11) is 0. The van der Waals surface area contributed by atoms with Crippen LogP contribution in [0.5, 0.6) is 0 Å². The van der Waals surface area contributed by atoms with Gasteiger partial charge in [-0.05, 0) is 73.7 Å². The zero-order chi connectivity index (χ0) is 17.8. The molecular formula is C21H24Cl2N2. The largest absolute Gasteiger partial charge is 0.316 e. The second-order valence-corrected chi connectivity index (χ2v) is 6.99. The Labute approximate surface area is 160 Å². The van der Waals surface area contributed by atoms with Crippen LogP contribution in [0, 0.1) is 0 Å². The van der Waals surface area contributed by atoms with Crippen LogP contribution >= 0.6 is 23.2 Å². The van der Waals surface area contributed by atoms with Crippen LogP contribution in [0.1, 0.15) is 49.1 Å². The Morgan fingerprint density at radius 1 is 0.960 bits per heavy atom. The molecule has 1 fully saturated rings.